The molecular formula is C72H85N2O8+. The number of benzene rings is 6. The van der Waals surface area contributed by atoms with Crippen molar-refractivity contribution in [2.75, 3.05) is 19.0 Å². The summed E-state index contributed by atoms with van der Waals surface area (Å²) in [6, 6.07) is 41.8. The molecule has 2 fully saturated rings. The number of aliphatic hydroxyl groups is 2. The van der Waals surface area contributed by atoms with Crippen LogP contribution in [0.3, 0.4) is 0 Å². The van der Waals surface area contributed by atoms with Crippen molar-refractivity contribution in [2.24, 2.45) is 0 Å². The highest BCUT2D eigenvalue weighted by Crippen LogP contribution is 2.51. The van der Waals surface area contributed by atoms with Gasteiger partial charge in [-0.25, -0.2) is 0 Å². The monoisotopic (exact) mass is 1110 g/mol. The highest BCUT2D eigenvalue weighted by atomic mass is 16.7. The molecule has 0 aromatic heterocycles. The number of anilines is 1. The summed E-state index contributed by atoms with van der Waals surface area (Å²) in [5, 5.41) is 36.4. The molecule has 2 saturated heterocycles. The second-order valence-electron chi connectivity index (χ2n) is 24.8. The third-order valence-electron chi connectivity index (χ3n) is 18.1. The number of allylic oxidation sites excluding steroid dienone is 7. The predicted molar refractivity (Wildman–Crippen MR) is 329 cm³/mol. The first-order valence-electron chi connectivity index (χ1n) is 30.3. The lowest BCUT2D eigenvalue weighted by atomic mass is 9.78. The van der Waals surface area contributed by atoms with Crippen LogP contribution in [0.1, 0.15) is 160 Å². The lowest BCUT2D eigenvalue weighted by Gasteiger charge is -2.38. The molecule has 82 heavy (non-hydrogen) atoms. The molecule has 4 aliphatic heterocycles. The Morgan fingerprint density at radius 3 is 1.99 bits per heavy atom. The topological polar surface area (TPSA) is 113 Å². The molecule has 8 unspecified atom stereocenters. The van der Waals surface area contributed by atoms with Gasteiger partial charge in [-0.05, 0) is 178 Å². The number of hydrogen-bond donors (Lipinski definition) is 3. The minimum Gasteiger partial charge on any atom is -0.508 e. The minimum atomic E-state index is -0.657. The maximum Gasteiger partial charge on any atom is 0.210 e. The van der Waals surface area contributed by atoms with Crippen LogP contribution in [0.5, 0.6) is 11.5 Å². The number of hydrogen-bond acceptors (Lipinski definition) is 9. The molecule has 1 aliphatic carbocycles. The van der Waals surface area contributed by atoms with Gasteiger partial charge >= 0.3 is 0 Å². The molecule has 8 atom stereocenters. The molecule has 0 spiro atoms. The zero-order valence-electron chi connectivity index (χ0n) is 49.4. The van der Waals surface area contributed by atoms with Crippen LogP contribution in [0.15, 0.2) is 168 Å². The van der Waals surface area contributed by atoms with E-state index in [-0.39, 0.29) is 47.1 Å². The van der Waals surface area contributed by atoms with Crippen molar-refractivity contribution in [3.8, 4) is 11.5 Å². The number of ether oxygens (including phenoxy) is 5. The summed E-state index contributed by atoms with van der Waals surface area (Å²) in [4.78, 5) is 2.36. The lowest BCUT2D eigenvalue weighted by molar-refractivity contribution is -0.401. The maximum absolute atomic E-state index is 10.7. The number of phenolic OH excluding ortho intramolecular Hbond substituents is 1. The van der Waals surface area contributed by atoms with E-state index in [1.54, 1.807) is 12.1 Å². The zero-order valence-corrected chi connectivity index (χ0v) is 49.4. The SMILES string of the molecule is CCC(O)CCCC1CC(CCCC2CC(CC(C)O)OC(c3cccc(OC4=C(/C=C/C5=[N+](C)c6ccc7ccccc7c6C5(C)C)CCC/C4=C\C=C4\N(C)c5ccc6ccccc6c5C4(C)C)c3)O2)OC(c2cccc(O)c2)O1. The molecule has 10 heteroatoms. The molecular weight excluding hydrogens is 1020 g/mol. The Kier molecular flexibility index (Phi) is 17.1. The summed E-state index contributed by atoms with van der Waals surface area (Å²) in [6.45, 7) is 13.2. The molecule has 4 heterocycles. The summed E-state index contributed by atoms with van der Waals surface area (Å²) in [6.07, 6.45) is 17.1. The smallest absolute Gasteiger partial charge is 0.210 e. The first-order valence-corrected chi connectivity index (χ1v) is 30.3. The third-order valence-corrected chi connectivity index (χ3v) is 18.1. The van der Waals surface area contributed by atoms with Crippen molar-refractivity contribution in [1.82, 2.24) is 0 Å². The normalized spacial score (nSPS) is 25.2. The number of phenols is 1. The van der Waals surface area contributed by atoms with Crippen LogP contribution in [-0.4, -0.2) is 76.3 Å². The van der Waals surface area contributed by atoms with Gasteiger partial charge in [0.25, 0.3) is 0 Å². The predicted octanol–water partition coefficient (Wildman–Crippen LogP) is 15.9. The quantitative estimate of drug-likeness (QED) is 0.0724. The van der Waals surface area contributed by atoms with Gasteiger partial charge in [0.1, 0.15) is 24.3 Å². The van der Waals surface area contributed by atoms with E-state index in [9.17, 15) is 15.3 Å². The van der Waals surface area contributed by atoms with Gasteiger partial charge in [0, 0.05) is 65.5 Å². The molecule has 0 bridgehead atoms. The standard InChI is InChI=1S/C72H84N2O8/c1-9-53(76)25-17-28-56-44-57(80-69(79-56)51-23-15-26-54(77)42-51)29-18-30-58-45-59(41-46(2)75)82-70(81-58)52-24-16-27-55(43-52)78-68-49(35-39-64-71(3,4)66-60-31-12-10-19-47(60)33-37-62(66)73(64)7)21-14-22-50(68)36-40-65-72(5,6)67-61-32-13-11-20-48(61)34-38-63(67)74(65)8/h10-13,15-16,19-20,23-24,26-27,31-40,42-43,46,53,56-59,69-70,75-76H,9,14,17-18,21-22,25,28-30,41,44-45H2,1-8H3/p+1. The van der Waals surface area contributed by atoms with Crippen LogP contribution < -0.4 is 9.64 Å². The summed E-state index contributed by atoms with van der Waals surface area (Å²) in [5.41, 5.74) is 11.1. The summed E-state index contributed by atoms with van der Waals surface area (Å²) >= 11 is 0. The first kappa shape index (κ1) is 57.4. The molecule has 430 valence electrons. The Labute approximate surface area is 486 Å². The fraction of sp³-hybridized carbons (Fsp3) is 0.431. The van der Waals surface area contributed by atoms with Gasteiger partial charge < -0.3 is 43.9 Å². The molecule has 0 saturated carbocycles. The van der Waals surface area contributed by atoms with Crippen molar-refractivity contribution in [2.45, 2.75) is 185 Å². The van der Waals surface area contributed by atoms with Gasteiger partial charge in [-0.1, -0.05) is 106 Å². The molecule has 6 aromatic rings. The molecule has 11 rings (SSSR count). The average Bonchev–Trinajstić information content (AvgIpc) is 3.20. The van der Waals surface area contributed by atoms with Crippen molar-refractivity contribution in [3.63, 3.8) is 0 Å². The first-order chi connectivity index (χ1) is 39.5. The van der Waals surface area contributed by atoms with Gasteiger partial charge in [0.2, 0.25) is 5.69 Å². The molecule has 3 N–H and O–H groups in total. The van der Waals surface area contributed by atoms with Crippen LogP contribution in [0.2, 0.25) is 0 Å². The molecule has 6 aromatic carbocycles. The van der Waals surface area contributed by atoms with Crippen LogP contribution >= 0.6 is 0 Å². The van der Waals surface area contributed by atoms with E-state index in [2.05, 4.69) is 160 Å². The minimum absolute atomic E-state index is 0.0250. The number of rotatable bonds is 18. The Bertz CT molecular complexity index is 3460. The lowest BCUT2D eigenvalue weighted by Crippen LogP contribution is -2.36. The molecule has 0 amide bonds. The van der Waals surface area contributed by atoms with Gasteiger partial charge in [-0.2, -0.15) is 4.58 Å². The van der Waals surface area contributed by atoms with Crippen molar-refractivity contribution in [1.29, 1.82) is 0 Å². The Balaban J connectivity index is 0.869. The van der Waals surface area contributed by atoms with Crippen molar-refractivity contribution in [3.05, 3.63) is 190 Å². The van der Waals surface area contributed by atoms with Crippen LogP contribution in [-0.2, 0) is 29.8 Å². The van der Waals surface area contributed by atoms with Crippen LogP contribution in [0, 0.1) is 0 Å². The largest absolute Gasteiger partial charge is 0.508 e. The van der Waals surface area contributed by atoms with Gasteiger partial charge in [0.15, 0.2) is 18.3 Å². The van der Waals surface area contributed by atoms with E-state index in [0.29, 0.717) is 18.6 Å². The van der Waals surface area contributed by atoms with Gasteiger partial charge in [-0.15, -0.1) is 0 Å². The molecule has 5 aliphatic rings. The second-order valence-corrected chi connectivity index (χ2v) is 24.8. The summed E-state index contributed by atoms with van der Waals surface area (Å²) in [7, 11) is 4.39. The average molecular weight is 1110 g/mol. The van der Waals surface area contributed by atoms with Crippen LogP contribution in [0.4, 0.5) is 11.4 Å². The number of likely N-dealkylation sites (N-methyl/N-ethyl adjacent to an activating group) is 1. The highest BCUT2D eigenvalue weighted by molar-refractivity contribution is 6.07. The number of fused-ring (bicyclic) bond motifs is 6. The molecule has 10 nitrogen and oxygen atoms in total. The van der Waals surface area contributed by atoms with E-state index >= 15 is 0 Å². The number of aliphatic hydroxyl groups excluding tert-OH is 2. The van der Waals surface area contributed by atoms with Crippen LogP contribution in [0.25, 0.3) is 21.5 Å². The zero-order chi connectivity index (χ0) is 57.3. The van der Waals surface area contributed by atoms with E-state index < -0.39 is 18.7 Å². The summed E-state index contributed by atoms with van der Waals surface area (Å²) < 4.78 is 36.4. The third kappa shape index (κ3) is 12.0. The van der Waals surface area contributed by atoms with E-state index in [4.69, 9.17) is 23.7 Å². The van der Waals surface area contributed by atoms with Gasteiger partial charge in [0.05, 0.1) is 42.0 Å². The Hall–Kier alpha value is -6.37. The Morgan fingerprint density at radius 2 is 1.30 bits per heavy atom. The summed E-state index contributed by atoms with van der Waals surface area (Å²) in [5.74, 6) is 1.76. The maximum atomic E-state index is 10.7. The fourth-order valence-corrected chi connectivity index (χ4v) is 13.9. The van der Waals surface area contributed by atoms with Crippen molar-refractivity contribution < 1.29 is 43.6 Å². The number of nitrogens with zero attached hydrogens (tertiary/aromatic N) is 2. The van der Waals surface area contributed by atoms with E-state index in [0.717, 1.165) is 98.7 Å². The Morgan fingerprint density at radius 1 is 0.683 bits per heavy atom. The van der Waals surface area contributed by atoms with Crippen molar-refractivity contribution >= 4 is 38.6 Å². The fourth-order valence-electron chi connectivity index (χ4n) is 13.9. The van der Waals surface area contributed by atoms with E-state index in [1.165, 1.54) is 55.5 Å². The van der Waals surface area contributed by atoms with E-state index in [1.807, 2.05) is 38.1 Å². The molecule has 0 radical (unpaired) electrons. The number of aromatic hydroxyl groups is 1. The van der Waals surface area contributed by atoms with Gasteiger partial charge in [-0.3, -0.25) is 0 Å². The highest BCUT2D eigenvalue weighted by Gasteiger charge is 2.45. The second kappa shape index (κ2) is 24.5.